The Labute approximate surface area is 249 Å². The van der Waals surface area contributed by atoms with E-state index in [9.17, 15) is 18.0 Å². The lowest BCUT2D eigenvalue weighted by molar-refractivity contribution is -0.113. The van der Waals surface area contributed by atoms with Crippen molar-refractivity contribution in [1.82, 2.24) is 24.4 Å². The third-order valence-electron chi connectivity index (χ3n) is 6.82. The molecule has 1 saturated heterocycles. The van der Waals surface area contributed by atoms with Crippen LogP contribution in [0.1, 0.15) is 40.2 Å². The number of anilines is 1. The molecule has 4 aromatic rings. The van der Waals surface area contributed by atoms with Crippen molar-refractivity contribution in [3.8, 4) is 5.69 Å². The molecule has 0 atom stereocenters. The van der Waals surface area contributed by atoms with Gasteiger partial charge in [0.05, 0.1) is 17.2 Å². The van der Waals surface area contributed by atoms with E-state index in [2.05, 4.69) is 20.8 Å². The number of rotatable bonds is 10. The van der Waals surface area contributed by atoms with E-state index in [1.165, 1.54) is 40.3 Å². The number of thioether (sulfide) groups is 1. The third-order valence-corrected chi connectivity index (χ3v) is 9.66. The number of carbonyl (C=O) groups excluding carboxylic acids is 2. The Morgan fingerprint density at radius 1 is 0.905 bits per heavy atom. The number of amides is 2. The Bertz CT molecular complexity index is 1700. The molecule has 1 fully saturated rings. The Balaban J connectivity index is 1.28. The molecule has 42 heavy (non-hydrogen) atoms. The van der Waals surface area contributed by atoms with Crippen LogP contribution >= 0.6 is 11.8 Å². The summed E-state index contributed by atoms with van der Waals surface area (Å²) in [6, 6.07) is 21.3. The summed E-state index contributed by atoms with van der Waals surface area (Å²) < 4.78 is 28.9. The van der Waals surface area contributed by atoms with Gasteiger partial charge in [-0.3, -0.25) is 14.2 Å². The zero-order valence-corrected chi connectivity index (χ0v) is 25.0. The van der Waals surface area contributed by atoms with E-state index < -0.39 is 10.0 Å². The van der Waals surface area contributed by atoms with Crippen molar-refractivity contribution in [1.29, 1.82) is 0 Å². The molecular weight excluding hydrogens is 573 g/mol. The molecule has 1 aromatic heterocycles. The van der Waals surface area contributed by atoms with E-state index >= 15 is 0 Å². The zero-order valence-electron chi connectivity index (χ0n) is 23.4. The molecule has 0 radical (unpaired) electrons. The first-order valence-corrected chi connectivity index (χ1v) is 16.0. The van der Waals surface area contributed by atoms with E-state index in [4.69, 9.17) is 0 Å². The van der Waals surface area contributed by atoms with Gasteiger partial charge in [-0.2, -0.15) is 4.31 Å². The van der Waals surface area contributed by atoms with Gasteiger partial charge in [0.15, 0.2) is 11.0 Å². The van der Waals surface area contributed by atoms with Gasteiger partial charge in [-0.15, -0.1) is 10.2 Å². The summed E-state index contributed by atoms with van der Waals surface area (Å²) in [6.07, 6.45) is 1.71. The lowest BCUT2D eigenvalue weighted by atomic mass is 10.2. The Morgan fingerprint density at radius 2 is 1.60 bits per heavy atom. The fourth-order valence-corrected chi connectivity index (χ4v) is 6.99. The number of hydrogen-bond donors (Lipinski definition) is 2. The molecule has 5 rings (SSSR count). The minimum absolute atomic E-state index is 0.0731. The largest absolute Gasteiger partial charge is 0.345 e. The Kier molecular flexibility index (Phi) is 9.05. The molecule has 218 valence electrons. The van der Waals surface area contributed by atoms with Crippen molar-refractivity contribution in [3.05, 3.63) is 95.3 Å². The standard InChI is InChI=1S/C30H32N6O4S2/c1-21-7-5-9-24(17-21)32-28(37)20-41-30-34-33-27(36(30)25-10-6-8-22(2)18-25)19-31-29(38)23-11-13-26(14-12-23)42(39,40)35-15-3-4-16-35/h5-14,17-18H,3-4,15-16,19-20H2,1-2H3,(H,31,38)(H,32,37). The van der Waals surface area contributed by atoms with Crippen LogP contribution < -0.4 is 10.6 Å². The number of sulfonamides is 1. The molecule has 1 aliphatic rings. The maximum absolute atomic E-state index is 13.0. The number of aromatic nitrogens is 3. The smallest absolute Gasteiger partial charge is 0.251 e. The minimum atomic E-state index is -3.56. The van der Waals surface area contributed by atoms with Gasteiger partial charge in [0, 0.05) is 30.0 Å². The highest BCUT2D eigenvalue weighted by Crippen LogP contribution is 2.24. The molecule has 10 nitrogen and oxygen atoms in total. The summed E-state index contributed by atoms with van der Waals surface area (Å²) in [5.74, 6) is 0.0700. The molecule has 0 aliphatic carbocycles. The highest BCUT2D eigenvalue weighted by Gasteiger charge is 2.27. The molecule has 1 aliphatic heterocycles. The first-order chi connectivity index (χ1) is 20.2. The summed E-state index contributed by atoms with van der Waals surface area (Å²) in [5, 5.41) is 14.9. The maximum Gasteiger partial charge on any atom is 0.251 e. The Morgan fingerprint density at radius 3 is 2.29 bits per heavy atom. The molecule has 0 saturated carbocycles. The maximum atomic E-state index is 13.0. The summed E-state index contributed by atoms with van der Waals surface area (Å²) in [6.45, 7) is 5.05. The number of hydrogen-bond acceptors (Lipinski definition) is 7. The van der Waals surface area contributed by atoms with Crippen molar-refractivity contribution in [2.75, 3.05) is 24.2 Å². The molecule has 2 heterocycles. The molecule has 3 aromatic carbocycles. The average molecular weight is 605 g/mol. The van der Waals surface area contributed by atoms with Crippen molar-refractivity contribution in [3.63, 3.8) is 0 Å². The average Bonchev–Trinajstić information content (AvgIpc) is 3.66. The molecule has 12 heteroatoms. The monoisotopic (exact) mass is 604 g/mol. The van der Waals surface area contributed by atoms with E-state index in [1.54, 1.807) is 0 Å². The lowest BCUT2D eigenvalue weighted by Crippen LogP contribution is -2.28. The fourth-order valence-electron chi connectivity index (χ4n) is 4.70. The van der Waals surface area contributed by atoms with Gasteiger partial charge in [-0.25, -0.2) is 8.42 Å². The van der Waals surface area contributed by atoms with Gasteiger partial charge in [0.2, 0.25) is 15.9 Å². The van der Waals surface area contributed by atoms with E-state index in [-0.39, 0.29) is 29.0 Å². The number of aryl methyl sites for hydroxylation is 2. The summed E-state index contributed by atoms with van der Waals surface area (Å²) >= 11 is 1.25. The molecule has 0 unspecified atom stereocenters. The molecule has 2 amide bonds. The van der Waals surface area contributed by atoms with Crippen LogP contribution in [0.5, 0.6) is 0 Å². The van der Waals surface area contributed by atoms with Crippen LogP contribution in [0.2, 0.25) is 0 Å². The van der Waals surface area contributed by atoms with Gasteiger partial charge in [0.1, 0.15) is 0 Å². The first-order valence-electron chi connectivity index (χ1n) is 13.6. The summed E-state index contributed by atoms with van der Waals surface area (Å²) in [4.78, 5) is 25.8. The normalized spacial score (nSPS) is 13.7. The number of benzene rings is 3. The van der Waals surface area contributed by atoms with Crippen LogP contribution in [0.15, 0.2) is 82.8 Å². The van der Waals surface area contributed by atoms with Crippen LogP contribution in [0.3, 0.4) is 0 Å². The quantitative estimate of drug-likeness (QED) is 0.258. The minimum Gasteiger partial charge on any atom is -0.345 e. The number of nitrogens with one attached hydrogen (secondary N) is 2. The molecule has 2 N–H and O–H groups in total. The molecule has 0 spiro atoms. The predicted octanol–water partition coefficient (Wildman–Crippen LogP) is 4.33. The highest BCUT2D eigenvalue weighted by atomic mass is 32.2. The topological polar surface area (TPSA) is 126 Å². The van der Waals surface area contributed by atoms with Crippen molar-refractivity contribution < 1.29 is 18.0 Å². The van der Waals surface area contributed by atoms with Crippen LogP contribution in [-0.4, -0.2) is 58.1 Å². The predicted molar refractivity (Wildman–Crippen MR) is 162 cm³/mol. The van der Waals surface area contributed by atoms with Crippen LogP contribution in [0.4, 0.5) is 5.69 Å². The number of carbonyl (C=O) groups is 2. The van der Waals surface area contributed by atoms with E-state index in [0.717, 1.165) is 35.3 Å². The molecule has 0 bridgehead atoms. The Hall–Kier alpha value is -4.00. The van der Waals surface area contributed by atoms with Crippen LogP contribution in [0, 0.1) is 13.8 Å². The van der Waals surface area contributed by atoms with Gasteiger partial charge < -0.3 is 10.6 Å². The van der Waals surface area contributed by atoms with Gasteiger partial charge in [-0.1, -0.05) is 36.0 Å². The second-order valence-electron chi connectivity index (χ2n) is 10.1. The van der Waals surface area contributed by atoms with Crippen molar-refractivity contribution in [2.45, 2.75) is 43.3 Å². The van der Waals surface area contributed by atoms with Crippen LogP contribution in [0.25, 0.3) is 5.69 Å². The second-order valence-corrected chi connectivity index (χ2v) is 13.0. The van der Waals surface area contributed by atoms with Gasteiger partial charge in [-0.05, 0) is 86.3 Å². The van der Waals surface area contributed by atoms with Crippen molar-refractivity contribution in [2.24, 2.45) is 0 Å². The van der Waals surface area contributed by atoms with Crippen molar-refractivity contribution >= 4 is 39.3 Å². The zero-order chi connectivity index (χ0) is 29.7. The van der Waals surface area contributed by atoms with Gasteiger partial charge in [0.25, 0.3) is 5.91 Å². The number of nitrogens with zero attached hydrogens (tertiary/aromatic N) is 4. The van der Waals surface area contributed by atoms with E-state index in [0.29, 0.717) is 29.6 Å². The summed E-state index contributed by atoms with van der Waals surface area (Å²) in [7, 11) is -3.56. The fraction of sp³-hybridized carbons (Fsp3) is 0.267. The SMILES string of the molecule is Cc1cccc(NC(=O)CSc2nnc(CNC(=O)c3ccc(S(=O)(=O)N4CCCC4)cc3)n2-c2cccc(C)c2)c1. The third kappa shape index (κ3) is 6.89. The highest BCUT2D eigenvalue weighted by molar-refractivity contribution is 7.99. The second kappa shape index (κ2) is 12.9. The van der Waals surface area contributed by atoms with E-state index in [1.807, 2.05) is 66.9 Å². The lowest BCUT2D eigenvalue weighted by Gasteiger charge is -2.15. The van der Waals surface area contributed by atoms with Gasteiger partial charge >= 0.3 is 0 Å². The summed E-state index contributed by atoms with van der Waals surface area (Å²) in [5.41, 5.74) is 3.95. The van der Waals surface area contributed by atoms with Crippen LogP contribution in [-0.2, 0) is 21.4 Å². The molecular formula is C30H32N6O4S2. The first kappa shape index (κ1) is 29.5.